The molecule has 0 atom stereocenters. The topological polar surface area (TPSA) is 18.5 Å². The second kappa shape index (κ2) is 6.26. The zero-order valence-electron chi connectivity index (χ0n) is 6.90. The van der Waals surface area contributed by atoms with E-state index in [0.29, 0.717) is 0 Å². The molecule has 1 saturated heterocycles. The maximum atomic E-state index is 5.43. The summed E-state index contributed by atoms with van der Waals surface area (Å²) in [5, 5.41) is 0. The van der Waals surface area contributed by atoms with E-state index in [-0.39, 0.29) is 0 Å². The van der Waals surface area contributed by atoms with Crippen molar-refractivity contribution in [3.05, 3.63) is 0 Å². The van der Waals surface area contributed by atoms with Crippen molar-refractivity contribution in [2.75, 3.05) is 26.4 Å². The quantitative estimate of drug-likeness (QED) is 0.457. The highest BCUT2D eigenvalue weighted by atomic mass is 35.7. The predicted octanol–water partition coefficient (Wildman–Crippen LogP) is 2.20. The first-order valence-electron chi connectivity index (χ1n) is 3.53. The van der Waals surface area contributed by atoms with Gasteiger partial charge in [0.2, 0.25) is 6.69 Å². The molecule has 1 heterocycles. The highest BCUT2D eigenvalue weighted by Crippen LogP contribution is 2.10. The lowest BCUT2D eigenvalue weighted by atomic mass is 10.6. The number of halogens is 2. The highest BCUT2D eigenvalue weighted by Gasteiger charge is 2.08. The molecule has 0 N–H and O–H groups in total. The van der Waals surface area contributed by atoms with Gasteiger partial charge in [-0.05, 0) is 13.1 Å². The second-order valence-corrected chi connectivity index (χ2v) is 11.5. The molecule has 0 aromatic heterocycles. The summed E-state index contributed by atoms with van der Waals surface area (Å²) in [6, 6.07) is 0. The highest BCUT2D eigenvalue weighted by molar-refractivity contribution is 7.44. The zero-order chi connectivity index (χ0) is 8.74. The minimum atomic E-state index is -1.67. The summed E-state index contributed by atoms with van der Waals surface area (Å²) in [6.07, 6.45) is 0. The van der Waals surface area contributed by atoms with Crippen molar-refractivity contribution in [3.8, 4) is 0 Å². The molecular formula is C6H14Cl2O2Si. The van der Waals surface area contributed by atoms with Gasteiger partial charge in [-0.15, -0.1) is 22.2 Å². The minimum Gasteiger partial charge on any atom is -0.377 e. The van der Waals surface area contributed by atoms with Crippen molar-refractivity contribution in [2.45, 2.75) is 13.1 Å². The summed E-state index contributed by atoms with van der Waals surface area (Å²) < 4.78 is 9.89. The molecule has 1 fully saturated rings. The average molecular weight is 217 g/mol. The van der Waals surface area contributed by atoms with Crippen molar-refractivity contribution >= 4 is 28.9 Å². The summed E-state index contributed by atoms with van der Waals surface area (Å²) in [4.78, 5) is 0. The number of ether oxygens (including phenoxy) is 2. The third kappa shape index (κ3) is 18.0. The van der Waals surface area contributed by atoms with Crippen molar-refractivity contribution in [3.63, 3.8) is 0 Å². The van der Waals surface area contributed by atoms with Crippen molar-refractivity contribution < 1.29 is 9.47 Å². The summed E-state index contributed by atoms with van der Waals surface area (Å²) in [7, 11) is 0. The molecule has 5 heteroatoms. The van der Waals surface area contributed by atoms with Gasteiger partial charge < -0.3 is 9.47 Å². The molecular weight excluding hydrogens is 203 g/mol. The van der Waals surface area contributed by atoms with E-state index in [4.69, 9.17) is 31.6 Å². The molecule has 0 saturated carbocycles. The Morgan fingerprint density at radius 2 is 1.09 bits per heavy atom. The second-order valence-electron chi connectivity index (χ2n) is 2.55. The van der Waals surface area contributed by atoms with Crippen LogP contribution in [-0.4, -0.2) is 33.1 Å². The molecule has 11 heavy (non-hydrogen) atoms. The molecule has 0 unspecified atom stereocenters. The molecule has 2 nitrogen and oxygen atoms in total. The van der Waals surface area contributed by atoms with Gasteiger partial charge in [-0.1, -0.05) is 0 Å². The predicted molar refractivity (Wildman–Crippen MR) is 50.8 cm³/mol. The molecule has 0 radical (unpaired) electrons. The van der Waals surface area contributed by atoms with E-state index in [1.807, 2.05) is 13.1 Å². The maximum absolute atomic E-state index is 5.43. The van der Waals surface area contributed by atoms with Crippen LogP contribution in [0.4, 0.5) is 0 Å². The maximum Gasteiger partial charge on any atom is 0.245 e. The molecule has 0 amide bonds. The van der Waals surface area contributed by atoms with Crippen LogP contribution in [0.15, 0.2) is 0 Å². The van der Waals surface area contributed by atoms with Crippen LogP contribution in [-0.2, 0) is 9.47 Å². The number of hydrogen-bond acceptors (Lipinski definition) is 2. The monoisotopic (exact) mass is 216 g/mol. The standard InChI is InChI=1S/C4H8O2.C2H6Cl2Si/c1-2-6-4-3-5-1;1-5(2,3)4/h1-4H2;1-2H3. The third-order valence-electron chi connectivity index (χ3n) is 0.744. The lowest BCUT2D eigenvalue weighted by molar-refractivity contribution is -0.0334. The van der Waals surface area contributed by atoms with Crippen LogP contribution in [0, 0.1) is 0 Å². The van der Waals surface area contributed by atoms with E-state index < -0.39 is 6.69 Å². The van der Waals surface area contributed by atoms with E-state index in [1.54, 1.807) is 0 Å². The van der Waals surface area contributed by atoms with Gasteiger partial charge in [-0.25, -0.2) is 0 Å². The van der Waals surface area contributed by atoms with Crippen LogP contribution < -0.4 is 0 Å². The Labute approximate surface area is 78.2 Å². The molecule has 1 aliphatic heterocycles. The van der Waals surface area contributed by atoms with Crippen molar-refractivity contribution in [2.24, 2.45) is 0 Å². The lowest BCUT2D eigenvalue weighted by Gasteiger charge is -2.09. The van der Waals surface area contributed by atoms with E-state index in [1.165, 1.54) is 0 Å². The van der Waals surface area contributed by atoms with Gasteiger partial charge in [0, 0.05) is 0 Å². The summed E-state index contributed by atoms with van der Waals surface area (Å²) >= 11 is 10.9. The minimum absolute atomic E-state index is 0.778. The van der Waals surface area contributed by atoms with Gasteiger partial charge in [0.05, 0.1) is 26.4 Å². The van der Waals surface area contributed by atoms with Crippen LogP contribution in [0.2, 0.25) is 13.1 Å². The molecule has 0 aromatic rings. The SMILES string of the molecule is C1COCCO1.C[Si](C)(Cl)Cl. The van der Waals surface area contributed by atoms with Gasteiger partial charge in [0.25, 0.3) is 0 Å². The zero-order valence-corrected chi connectivity index (χ0v) is 9.41. The van der Waals surface area contributed by atoms with Gasteiger partial charge in [-0.2, -0.15) is 0 Å². The number of hydrogen-bond donors (Lipinski definition) is 0. The van der Waals surface area contributed by atoms with E-state index >= 15 is 0 Å². The molecule has 1 rings (SSSR count). The Bertz CT molecular complexity index is 73.6. The first kappa shape index (κ1) is 11.7. The molecule has 1 aliphatic rings. The fraction of sp³-hybridized carbons (Fsp3) is 1.00. The van der Waals surface area contributed by atoms with Crippen LogP contribution in [0.3, 0.4) is 0 Å². The normalized spacial score (nSPS) is 18.5. The van der Waals surface area contributed by atoms with Gasteiger partial charge in [-0.3, -0.25) is 0 Å². The Balaban J connectivity index is 0.000000187. The lowest BCUT2D eigenvalue weighted by Crippen LogP contribution is -2.16. The van der Waals surface area contributed by atoms with E-state index in [0.717, 1.165) is 26.4 Å². The summed E-state index contributed by atoms with van der Waals surface area (Å²) in [5.74, 6) is 0. The van der Waals surface area contributed by atoms with Crippen LogP contribution in [0.5, 0.6) is 0 Å². The fourth-order valence-corrected chi connectivity index (χ4v) is 0.440. The third-order valence-corrected chi connectivity index (χ3v) is 0.744. The van der Waals surface area contributed by atoms with Gasteiger partial charge in [0.15, 0.2) is 0 Å². The largest absolute Gasteiger partial charge is 0.377 e. The molecule has 0 aromatic carbocycles. The van der Waals surface area contributed by atoms with Gasteiger partial charge in [0.1, 0.15) is 0 Å². The van der Waals surface area contributed by atoms with E-state index in [9.17, 15) is 0 Å². The summed E-state index contributed by atoms with van der Waals surface area (Å²) in [6.45, 7) is 5.16. The van der Waals surface area contributed by atoms with Gasteiger partial charge >= 0.3 is 0 Å². The van der Waals surface area contributed by atoms with E-state index in [2.05, 4.69) is 0 Å². The Morgan fingerprint density at radius 1 is 0.909 bits per heavy atom. The van der Waals surface area contributed by atoms with Crippen LogP contribution in [0.1, 0.15) is 0 Å². The first-order valence-corrected chi connectivity index (χ1v) is 8.56. The first-order chi connectivity index (χ1) is 5.00. The molecule has 0 aliphatic carbocycles. The van der Waals surface area contributed by atoms with Crippen molar-refractivity contribution in [1.29, 1.82) is 0 Å². The Morgan fingerprint density at radius 3 is 1.18 bits per heavy atom. The Hall–Kier alpha value is 0.717. The molecule has 0 spiro atoms. The Kier molecular flexibility index (Phi) is 6.66. The van der Waals surface area contributed by atoms with Crippen molar-refractivity contribution in [1.82, 2.24) is 0 Å². The fourth-order valence-electron chi connectivity index (χ4n) is 0.440. The average Bonchev–Trinajstić information content (AvgIpc) is 1.88. The smallest absolute Gasteiger partial charge is 0.245 e. The summed E-state index contributed by atoms with van der Waals surface area (Å²) in [5.41, 5.74) is 0. The molecule has 0 bridgehead atoms. The molecule has 68 valence electrons. The van der Waals surface area contributed by atoms with Crippen LogP contribution in [0.25, 0.3) is 0 Å². The van der Waals surface area contributed by atoms with Crippen LogP contribution >= 0.6 is 22.2 Å². The number of rotatable bonds is 0.